The molecule has 0 spiro atoms. The van der Waals surface area contributed by atoms with E-state index in [0.717, 1.165) is 19.3 Å². The van der Waals surface area contributed by atoms with Crippen molar-refractivity contribution in [1.82, 2.24) is 10.6 Å². The zero-order valence-corrected chi connectivity index (χ0v) is 9.54. The third kappa shape index (κ3) is 10.5. The molecule has 0 aliphatic carbocycles. The fraction of sp³-hybridized carbons (Fsp3) is 0.700. The van der Waals surface area contributed by atoms with E-state index in [2.05, 4.69) is 10.6 Å². The minimum atomic E-state index is -0.543. The van der Waals surface area contributed by atoms with Crippen LogP contribution in [0.15, 0.2) is 0 Å². The number of hydrogen-bond acceptors (Lipinski definition) is 3. The summed E-state index contributed by atoms with van der Waals surface area (Å²) in [6.07, 6.45) is 2.84. The van der Waals surface area contributed by atoms with Crippen LogP contribution in [0.5, 0.6) is 0 Å². The lowest BCUT2D eigenvalue weighted by molar-refractivity contribution is -0.124. The second kappa shape index (κ2) is 8.70. The lowest BCUT2D eigenvalue weighted by atomic mass is 10.2. The van der Waals surface area contributed by atoms with Gasteiger partial charge >= 0.3 is 0 Å². The fourth-order valence-electron chi connectivity index (χ4n) is 1.13. The fourth-order valence-corrected chi connectivity index (χ4v) is 1.13. The number of amides is 3. The molecule has 0 saturated heterocycles. The normalized spacial score (nSPS) is 9.56. The maximum Gasteiger partial charge on any atom is 0.236 e. The highest BCUT2D eigenvalue weighted by Gasteiger charge is 2.02. The Balaban J connectivity index is 3.27. The van der Waals surface area contributed by atoms with Crippen molar-refractivity contribution in [2.24, 2.45) is 5.73 Å². The number of carbonyl (C=O) groups is 3. The predicted molar refractivity (Wildman–Crippen MR) is 59.4 cm³/mol. The molecule has 0 radical (unpaired) electrons. The van der Waals surface area contributed by atoms with Gasteiger partial charge in [-0.05, 0) is 12.8 Å². The van der Waals surface area contributed by atoms with Gasteiger partial charge in [-0.2, -0.15) is 0 Å². The molecule has 16 heavy (non-hydrogen) atoms. The number of hydrogen-bond donors (Lipinski definition) is 3. The summed E-state index contributed by atoms with van der Waals surface area (Å²) in [6.45, 7) is 2.00. The van der Waals surface area contributed by atoms with E-state index in [9.17, 15) is 14.4 Å². The maximum absolute atomic E-state index is 11.1. The number of unbranched alkanes of at least 4 members (excludes halogenated alkanes) is 2. The Kier molecular flexibility index (Phi) is 7.83. The van der Waals surface area contributed by atoms with Crippen LogP contribution >= 0.6 is 0 Å². The summed E-state index contributed by atoms with van der Waals surface area (Å²) < 4.78 is 0. The number of carbonyl (C=O) groups excluding carboxylic acids is 3. The van der Waals surface area contributed by atoms with Gasteiger partial charge in [-0.3, -0.25) is 14.4 Å². The van der Waals surface area contributed by atoms with Gasteiger partial charge in [0.05, 0.1) is 6.54 Å². The van der Waals surface area contributed by atoms with Crippen LogP contribution in [0.25, 0.3) is 0 Å². The molecule has 92 valence electrons. The van der Waals surface area contributed by atoms with Crippen molar-refractivity contribution < 1.29 is 14.4 Å². The second-order valence-electron chi connectivity index (χ2n) is 3.54. The van der Waals surface area contributed by atoms with Crippen LogP contribution in [-0.2, 0) is 14.4 Å². The average molecular weight is 229 g/mol. The molecule has 0 heterocycles. The van der Waals surface area contributed by atoms with E-state index in [1.807, 2.05) is 0 Å². The molecule has 0 saturated carbocycles. The van der Waals surface area contributed by atoms with Crippen molar-refractivity contribution in [1.29, 1.82) is 0 Å². The van der Waals surface area contributed by atoms with E-state index in [0.29, 0.717) is 13.0 Å². The SMILES string of the molecule is CC(=O)NCCCCCC(=O)NCC(N)=O. The third-order valence-electron chi connectivity index (χ3n) is 1.91. The van der Waals surface area contributed by atoms with Crippen molar-refractivity contribution in [2.75, 3.05) is 13.1 Å². The highest BCUT2D eigenvalue weighted by Crippen LogP contribution is 1.98. The Bertz CT molecular complexity index is 254. The summed E-state index contributed by atoms with van der Waals surface area (Å²) in [6, 6.07) is 0. The predicted octanol–water partition coefficient (Wildman–Crippen LogP) is -0.716. The van der Waals surface area contributed by atoms with Gasteiger partial charge in [0.1, 0.15) is 0 Å². The molecule has 0 atom stereocenters. The standard InChI is InChI=1S/C10H19N3O3/c1-8(14)12-6-4-2-3-5-10(16)13-7-9(11)15/h2-7H2,1H3,(H2,11,15)(H,12,14)(H,13,16). The molecular formula is C10H19N3O3. The minimum absolute atomic E-state index is 0.0424. The third-order valence-corrected chi connectivity index (χ3v) is 1.91. The number of nitrogens with two attached hydrogens (primary N) is 1. The first-order valence-electron chi connectivity index (χ1n) is 5.32. The topological polar surface area (TPSA) is 101 Å². The lowest BCUT2D eigenvalue weighted by Crippen LogP contribution is -2.33. The second-order valence-corrected chi connectivity index (χ2v) is 3.54. The first kappa shape index (κ1) is 14.4. The maximum atomic E-state index is 11.1. The smallest absolute Gasteiger partial charge is 0.236 e. The molecule has 3 amide bonds. The Hall–Kier alpha value is -1.59. The van der Waals surface area contributed by atoms with E-state index in [4.69, 9.17) is 5.73 Å². The molecule has 4 N–H and O–H groups in total. The largest absolute Gasteiger partial charge is 0.368 e. The minimum Gasteiger partial charge on any atom is -0.368 e. The summed E-state index contributed by atoms with van der Waals surface area (Å²) in [5.74, 6) is -0.753. The highest BCUT2D eigenvalue weighted by atomic mass is 16.2. The van der Waals surface area contributed by atoms with Crippen LogP contribution in [0.1, 0.15) is 32.6 Å². The van der Waals surface area contributed by atoms with Gasteiger partial charge in [-0.25, -0.2) is 0 Å². The van der Waals surface area contributed by atoms with Crippen molar-refractivity contribution in [2.45, 2.75) is 32.6 Å². The van der Waals surface area contributed by atoms with Crippen molar-refractivity contribution in [3.8, 4) is 0 Å². The van der Waals surface area contributed by atoms with Crippen LogP contribution in [0.4, 0.5) is 0 Å². The monoisotopic (exact) mass is 229 g/mol. The van der Waals surface area contributed by atoms with Crippen molar-refractivity contribution in [3.63, 3.8) is 0 Å². The molecular weight excluding hydrogens is 210 g/mol. The molecule has 0 aromatic rings. The summed E-state index contributed by atoms with van der Waals surface area (Å²) in [5.41, 5.74) is 4.87. The van der Waals surface area contributed by atoms with Crippen LogP contribution in [0, 0.1) is 0 Å². The van der Waals surface area contributed by atoms with Crippen LogP contribution in [0.2, 0.25) is 0 Å². The Morgan fingerprint density at radius 2 is 1.75 bits per heavy atom. The average Bonchev–Trinajstić information content (AvgIpc) is 2.19. The summed E-state index contributed by atoms with van der Waals surface area (Å²) >= 11 is 0. The first-order chi connectivity index (χ1) is 7.52. The van der Waals surface area contributed by atoms with Crippen LogP contribution in [-0.4, -0.2) is 30.8 Å². The molecule has 0 aliphatic heterocycles. The van der Waals surface area contributed by atoms with E-state index in [-0.39, 0.29) is 18.4 Å². The molecule has 0 aromatic heterocycles. The highest BCUT2D eigenvalue weighted by molar-refractivity contribution is 5.83. The summed E-state index contributed by atoms with van der Waals surface area (Å²) in [4.78, 5) is 32.0. The molecule has 6 nitrogen and oxygen atoms in total. The molecule has 0 rings (SSSR count). The molecule has 0 unspecified atom stereocenters. The van der Waals surface area contributed by atoms with Crippen molar-refractivity contribution in [3.05, 3.63) is 0 Å². The van der Waals surface area contributed by atoms with Gasteiger partial charge in [-0.1, -0.05) is 6.42 Å². The Morgan fingerprint density at radius 3 is 2.31 bits per heavy atom. The zero-order valence-electron chi connectivity index (χ0n) is 9.54. The number of nitrogens with one attached hydrogen (secondary N) is 2. The van der Waals surface area contributed by atoms with Gasteiger partial charge < -0.3 is 16.4 Å². The first-order valence-corrected chi connectivity index (χ1v) is 5.32. The molecule has 0 fully saturated rings. The van der Waals surface area contributed by atoms with Crippen LogP contribution < -0.4 is 16.4 Å². The summed E-state index contributed by atoms with van der Waals surface area (Å²) in [7, 11) is 0. The van der Waals surface area contributed by atoms with E-state index in [1.165, 1.54) is 6.92 Å². The van der Waals surface area contributed by atoms with Crippen molar-refractivity contribution >= 4 is 17.7 Å². The van der Waals surface area contributed by atoms with Crippen LogP contribution in [0.3, 0.4) is 0 Å². The van der Waals surface area contributed by atoms with Gasteiger partial charge in [-0.15, -0.1) is 0 Å². The molecule has 0 aliphatic rings. The Morgan fingerprint density at radius 1 is 1.06 bits per heavy atom. The molecule has 6 heteroatoms. The van der Waals surface area contributed by atoms with Gasteiger partial charge in [0.2, 0.25) is 17.7 Å². The number of rotatable bonds is 8. The lowest BCUT2D eigenvalue weighted by Gasteiger charge is -2.03. The Labute approximate surface area is 94.9 Å². The van der Waals surface area contributed by atoms with Gasteiger partial charge in [0.25, 0.3) is 0 Å². The molecule has 0 aromatic carbocycles. The van der Waals surface area contributed by atoms with E-state index in [1.54, 1.807) is 0 Å². The molecule has 0 bridgehead atoms. The van der Waals surface area contributed by atoms with Gasteiger partial charge in [0.15, 0.2) is 0 Å². The quantitative estimate of drug-likeness (QED) is 0.479. The van der Waals surface area contributed by atoms with E-state index >= 15 is 0 Å². The van der Waals surface area contributed by atoms with Gasteiger partial charge in [0, 0.05) is 19.9 Å². The zero-order chi connectivity index (χ0) is 12.4. The number of primary amides is 1. The summed E-state index contributed by atoms with van der Waals surface area (Å²) in [5, 5.41) is 5.08. The van der Waals surface area contributed by atoms with E-state index < -0.39 is 5.91 Å².